The lowest BCUT2D eigenvalue weighted by Crippen LogP contribution is -2.14. The Hall–Kier alpha value is -2.28. The maximum absolute atomic E-state index is 12.1. The third-order valence-corrected chi connectivity index (χ3v) is 3.76. The van der Waals surface area contributed by atoms with Crippen LogP contribution in [0.3, 0.4) is 0 Å². The predicted molar refractivity (Wildman–Crippen MR) is 90.8 cm³/mol. The fraction of sp³-hybridized carbons (Fsp3) is 0.474. The van der Waals surface area contributed by atoms with Crippen molar-refractivity contribution >= 4 is 12.0 Å². The molecular weight excluding hydrogens is 290 g/mol. The van der Waals surface area contributed by atoms with Crippen molar-refractivity contribution in [2.24, 2.45) is 5.92 Å². The Morgan fingerprint density at radius 3 is 2.52 bits per heavy atom. The maximum atomic E-state index is 12.1. The molecule has 0 saturated heterocycles. The van der Waals surface area contributed by atoms with Gasteiger partial charge in [-0.1, -0.05) is 45.2 Å². The van der Waals surface area contributed by atoms with E-state index in [1.807, 2.05) is 6.07 Å². The molecule has 0 aromatic heterocycles. The van der Waals surface area contributed by atoms with Crippen LogP contribution in [0, 0.1) is 17.2 Å². The summed E-state index contributed by atoms with van der Waals surface area (Å²) < 4.78 is 10.4. The van der Waals surface area contributed by atoms with E-state index in [0.29, 0.717) is 12.5 Å². The van der Waals surface area contributed by atoms with Crippen LogP contribution >= 0.6 is 0 Å². The standard InChI is InChI=1S/C19H25NO3/c1-4-6-7-15(5-2)14-23-19(21)17(13-20)12-16-8-10-18(22-3)11-9-16/h8-12,15H,4-7,14H2,1-3H3/b17-12+. The van der Waals surface area contributed by atoms with Crippen molar-refractivity contribution in [3.05, 3.63) is 35.4 Å². The second-order valence-electron chi connectivity index (χ2n) is 5.46. The first kappa shape index (κ1) is 18.8. The number of hydrogen-bond acceptors (Lipinski definition) is 4. The highest BCUT2D eigenvalue weighted by atomic mass is 16.5. The van der Waals surface area contributed by atoms with Gasteiger partial charge in [0.15, 0.2) is 0 Å². The molecule has 0 aliphatic heterocycles. The average molecular weight is 315 g/mol. The Morgan fingerprint density at radius 1 is 1.30 bits per heavy atom. The molecule has 0 fully saturated rings. The van der Waals surface area contributed by atoms with Crippen molar-refractivity contribution in [1.29, 1.82) is 5.26 Å². The molecule has 4 nitrogen and oxygen atoms in total. The van der Waals surface area contributed by atoms with Gasteiger partial charge >= 0.3 is 5.97 Å². The van der Waals surface area contributed by atoms with Gasteiger partial charge in [0.1, 0.15) is 17.4 Å². The number of hydrogen-bond donors (Lipinski definition) is 0. The molecule has 0 spiro atoms. The van der Waals surface area contributed by atoms with Crippen LogP contribution in [0.5, 0.6) is 5.75 Å². The largest absolute Gasteiger partial charge is 0.497 e. The molecule has 0 N–H and O–H groups in total. The number of nitrogens with zero attached hydrogens (tertiary/aromatic N) is 1. The van der Waals surface area contributed by atoms with E-state index in [0.717, 1.165) is 37.0 Å². The fourth-order valence-electron chi connectivity index (χ4n) is 2.17. The molecule has 0 aliphatic carbocycles. The first-order chi connectivity index (χ1) is 11.1. The lowest BCUT2D eigenvalue weighted by atomic mass is 10.0. The highest BCUT2D eigenvalue weighted by Gasteiger charge is 2.14. The molecule has 0 heterocycles. The second kappa shape index (κ2) is 10.4. The van der Waals surface area contributed by atoms with Crippen LogP contribution < -0.4 is 4.74 Å². The molecule has 0 bridgehead atoms. The third kappa shape index (κ3) is 6.56. The number of benzene rings is 1. The summed E-state index contributed by atoms with van der Waals surface area (Å²) >= 11 is 0. The summed E-state index contributed by atoms with van der Waals surface area (Å²) in [6, 6.07) is 9.07. The molecule has 0 radical (unpaired) electrons. The van der Waals surface area contributed by atoms with Crippen molar-refractivity contribution in [1.82, 2.24) is 0 Å². The van der Waals surface area contributed by atoms with Gasteiger partial charge < -0.3 is 9.47 Å². The van der Waals surface area contributed by atoms with Crippen molar-refractivity contribution in [3.63, 3.8) is 0 Å². The SMILES string of the molecule is CCCCC(CC)COC(=O)/C(C#N)=C/c1ccc(OC)cc1. The quantitative estimate of drug-likeness (QED) is 0.386. The van der Waals surface area contributed by atoms with Crippen LogP contribution in [0.15, 0.2) is 29.8 Å². The molecular formula is C19H25NO3. The molecule has 1 atom stereocenters. The summed E-state index contributed by atoms with van der Waals surface area (Å²) in [5, 5.41) is 9.18. The molecule has 23 heavy (non-hydrogen) atoms. The van der Waals surface area contributed by atoms with Crippen LogP contribution in [0.25, 0.3) is 6.08 Å². The van der Waals surface area contributed by atoms with E-state index in [1.165, 1.54) is 6.08 Å². The number of carbonyl (C=O) groups excluding carboxylic acids is 1. The van der Waals surface area contributed by atoms with E-state index in [-0.39, 0.29) is 5.57 Å². The zero-order valence-corrected chi connectivity index (χ0v) is 14.2. The first-order valence-electron chi connectivity index (χ1n) is 8.07. The number of unbranched alkanes of at least 4 members (excludes halogenated alkanes) is 1. The highest BCUT2D eigenvalue weighted by molar-refractivity contribution is 5.97. The lowest BCUT2D eigenvalue weighted by molar-refractivity contribution is -0.139. The number of rotatable bonds is 9. The monoisotopic (exact) mass is 315 g/mol. The Labute approximate surface area is 138 Å². The van der Waals surface area contributed by atoms with Crippen molar-refractivity contribution < 1.29 is 14.3 Å². The van der Waals surface area contributed by atoms with Gasteiger partial charge in [-0.2, -0.15) is 5.26 Å². The van der Waals surface area contributed by atoms with E-state index in [4.69, 9.17) is 9.47 Å². The molecule has 1 aromatic carbocycles. The minimum atomic E-state index is -0.557. The van der Waals surface area contributed by atoms with Crippen molar-refractivity contribution in [3.8, 4) is 11.8 Å². The van der Waals surface area contributed by atoms with E-state index >= 15 is 0 Å². The van der Waals surface area contributed by atoms with E-state index < -0.39 is 5.97 Å². The van der Waals surface area contributed by atoms with Crippen LogP contribution in [0.4, 0.5) is 0 Å². The van der Waals surface area contributed by atoms with Gasteiger partial charge in [0, 0.05) is 0 Å². The molecule has 0 saturated carbocycles. The van der Waals surface area contributed by atoms with Crippen LogP contribution in [0.1, 0.15) is 45.1 Å². The predicted octanol–water partition coefficient (Wildman–Crippen LogP) is 4.36. The second-order valence-corrected chi connectivity index (χ2v) is 5.46. The molecule has 124 valence electrons. The Bertz CT molecular complexity index is 555. The molecule has 1 unspecified atom stereocenters. The van der Waals surface area contributed by atoms with Crippen molar-refractivity contribution in [2.45, 2.75) is 39.5 Å². The third-order valence-electron chi connectivity index (χ3n) is 3.76. The highest BCUT2D eigenvalue weighted by Crippen LogP contribution is 2.16. The molecule has 1 rings (SSSR count). The lowest BCUT2D eigenvalue weighted by Gasteiger charge is -2.14. The summed E-state index contributed by atoms with van der Waals surface area (Å²) in [5.41, 5.74) is 0.776. The Morgan fingerprint density at radius 2 is 2.00 bits per heavy atom. The zero-order valence-electron chi connectivity index (χ0n) is 14.2. The van der Waals surface area contributed by atoms with Gasteiger partial charge in [-0.05, 0) is 36.1 Å². The number of esters is 1. The number of carbonyl (C=O) groups is 1. The fourth-order valence-corrected chi connectivity index (χ4v) is 2.17. The summed E-state index contributed by atoms with van der Waals surface area (Å²) in [7, 11) is 1.59. The van der Waals surface area contributed by atoms with Crippen LogP contribution in [0.2, 0.25) is 0 Å². The number of nitriles is 1. The molecule has 0 aliphatic rings. The van der Waals surface area contributed by atoms with Gasteiger partial charge in [-0.25, -0.2) is 4.79 Å². The smallest absolute Gasteiger partial charge is 0.348 e. The number of methoxy groups -OCH3 is 1. The Kier molecular flexibility index (Phi) is 8.52. The zero-order chi connectivity index (χ0) is 17.1. The van der Waals surface area contributed by atoms with E-state index in [2.05, 4.69) is 13.8 Å². The minimum absolute atomic E-state index is 0.0144. The van der Waals surface area contributed by atoms with E-state index in [1.54, 1.807) is 31.4 Å². The molecule has 0 amide bonds. The topological polar surface area (TPSA) is 59.3 Å². The summed E-state index contributed by atoms with van der Waals surface area (Å²) in [4.78, 5) is 12.1. The molecule has 4 heteroatoms. The Balaban J connectivity index is 2.66. The van der Waals surface area contributed by atoms with Gasteiger partial charge in [0.2, 0.25) is 0 Å². The maximum Gasteiger partial charge on any atom is 0.348 e. The first-order valence-corrected chi connectivity index (χ1v) is 8.07. The van der Waals surface area contributed by atoms with Crippen molar-refractivity contribution in [2.75, 3.05) is 13.7 Å². The van der Waals surface area contributed by atoms with Gasteiger partial charge in [-0.15, -0.1) is 0 Å². The normalized spacial score (nSPS) is 12.3. The summed E-state index contributed by atoms with van der Waals surface area (Å²) in [5.74, 6) is 0.531. The summed E-state index contributed by atoms with van der Waals surface area (Å²) in [6.07, 6.45) is 5.81. The number of ether oxygens (including phenoxy) is 2. The summed E-state index contributed by atoms with van der Waals surface area (Å²) in [6.45, 7) is 4.60. The van der Waals surface area contributed by atoms with Gasteiger partial charge in [0.05, 0.1) is 13.7 Å². The van der Waals surface area contributed by atoms with Gasteiger partial charge in [-0.3, -0.25) is 0 Å². The van der Waals surface area contributed by atoms with Crippen LogP contribution in [-0.2, 0) is 9.53 Å². The molecule has 1 aromatic rings. The van der Waals surface area contributed by atoms with Crippen LogP contribution in [-0.4, -0.2) is 19.7 Å². The van der Waals surface area contributed by atoms with E-state index in [9.17, 15) is 10.1 Å². The van der Waals surface area contributed by atoms with Gasteiger partial charge in [0.25, 0.3) is 0 Å². The minimum Gasteiger partial charge on any atom is -0.497 e. The average Bonchev–Trinajstić information content (AvgIpc) is 2.60.